The molecule has 0 unspecified atom stereocenters. The molecule has 0 aromatic carbocycles. The largest absolute Gasteiger partial charge is 0.400 e. The zero-order chi connectivity index (χ0) is 22.7. The minimum atomic E-state index is -0.386. The highest BCUT2D eigenvalue weighted by molar-refractivity contribution is 9.10. The van der Waals surface area contributed by atoms with Crippen molar-refractivity contribution in [2.75, 3.05) is 17.7 Å². The summed E-state index contributed by atoms with van der Waals surface area (Å²) in [6.07, 6.45) is 6.60. The van der Waals surface area contributed by atoms with Gasteiger partial charge in [0.25, 0.3) is 0 Å². The Balaban J connectivity index is 0.000000499. The van der Waals surface area contributed by atoms with Crippen molar-refractivity contribution in [2.45, 2.75) is 41.5 Å². The van der Waals surface area contributed by atoms with Crippen LogP contribution >= 0.6 is 15.9 Å². The van der Waals surface area contributed by atoms with Gasteiger partial charge in [-0.2, -0.15) is 0 Å². The van der Waals surface area contributed by atoms with E-state index in [1.54, 1.807) is 43.0 Å². The van der Waals surface area contributed by atoms with Crippen molar-refractivity contribution in [2.24, 2.45) is 10.8 Å². The summed E-state index contributed by atoms with van der Waals surface area (Å²) in [4.78, 5) is 30.9. The third-order valence-corrected chi connectivity index (χ3v) is 3.95. The van der Waals surface area contributed by atoms with Gasteiger partial charge in [0.05, 0.1) is 10.2 Å². The van der Waals surface area contributed by atoms with Gasteiger partial charge in [-0.25, -0.2) is 0 Å². The van der Waals surface area contributed by atoms with Crippen LogP contribution in [-0.2, 0) is 9.59 Å². The highest BCUT2D eigenvalue weighted by Crippen LogP contribution is 2.23. The van der Waals surface area contributed by atoms with Crippen molar-refractivity contribution in [3.8, 4) is 0 Å². The van der Waals surface area contributed by atoms with Crippen LogP contribution in [0.1, 0.15) is 41.5 Å². The van der Waals surface area contributed by atoms with Crippen LogP contribution in [0.4, 0.5) is 11.4 Å². The number of carbonyl (C=O) groups is 2. The Morgan fingerprint density at radius 3 is 1.72 bits per heavy atom. The number of halogens is 1. The lowest BCUT2D eigenvalue weighted by molar-refractivity contribution is -0.123. The van der Waals surface area contributed by atoms with E-state index in [0.29, 0.717) is 0 Å². The molecular formula is C21H31BrN4O3. The minimum absolute atomic E-state index is 0.00981. The predicted molar refractivity (Wildman–Crippen MR) is 120 cm³/mol. The maximum atomic E-state index is 11.6. The quantitative estimate of drug-likeness (QED) is 0.603. The Bertz CT molecular complexity index is 769. The van der Waals surface area contributed by atoms with Gasteiger partial charge in [-0.1, -0.05) is 41.5 Å². The molecule has 0 fully saturated rings. The highest BCUT2D eigenvalue weighted by atomic mass is 79.9. The molecule has 0 saturated heterocycles. The zero-order valence-electron chi connectivity index (χ0n) is 18.1. The average Bonchev–Trinajstić information content (AvgIpc) is 2.65. The lowest BCUT2D eigenvalue weighted by atomic mass is 9.95. The van der Waals surface area contributed by atoms with Gasteiger partial charge in [0.2, 0.25) is 11.8 Å². The second-order valence-corrected chi connectivity index (χ2v) is 8.85. The number of anilines is 2. The standard InChI is InChI=1S/C10H13BrN2O.C10H14N2O.CH4O/c1-10(2,3)9(14)13-8-4-5-12-6-7(8)11;1-10(2,3)9(13)12-8-4-6-11-7-5-8;1-2/h4-6H,1-3H3,(H,12,13,14);4-7H,1-3H3,(H,11,12,13);2H,1H3. The number of carbonyl (C=O) groups excluding carboxylic acids is 2. The monoisotopic (exact) mass is 466 g/mol. The van der Waals surface area contributed by atoms with Crippen LogP contribution in [0.5, 0.6) is 0 Å². The molecule has 8 heteroatoms. The Morgan fingerprint density at radius 2 is 1.28 bits per heavy atom. The van der Waals surface area contributed by atoms with Gasteiger partial charge < -0.3 is 15.7 Å². The smallest absolute Gasteiger partial charge is 0.229 e. The van der Waals surface area contributed by atoms with Crippen molar-refractivity contribution in [3.63, 3.8) is 0 Å². The number of aliphatic hydroxyl groups excluding tert-OH is 1. The van der Waals surface area contributed by atoms with Crippen molar-refractivity contribution >= 4 is 39.1 Å². The number of hydrogen-bond donors (Lipinski definition) is 3. The molecule has 0 bridgehead atoms. The minimum Gasteiger partial charge on any atom is -0.400 e. The zero-order valence-corrected chi connectivity index (χ0v) is 19.7. The summed E-state index contributed by atoms with van der Waals surface area (Å²) in [5.74, 6) is 0.00287. The van der Waals surface area contributed by atoms with Gasteiger partial charge in [-0.05, 0) is 34.1 Å². The summed E-state index contributed by atoms with van der Waals surface area (Å²) >= 11 is 3.31. The molecule has 2 heterocycles. The first kappa shape index (κ1) is 26.7. The van der Waals surface area contributed by atoms with E-state index in [4.69, 9.17) is 5.11 Å². The molecule has 0 aliphatic rings. The summed E-state index contributed by atoms with van der Waals surface area (Å²) in [6.45, 7) is 11.3. The van der Waals surface area contributed by atoms with Crippen LogP contribution in [-0.4, -0.2) is 34.0 Å². The lowest BCUT2D eigenvalue weighted by Crippen LogP contribution is -2.27. The number of pyridine rings is 2. The number of nitrogens with one attached hydrogen (secondary N) is 2. The molecule has 0 atom stereocenters. The molecule has 160 valence electrons. The number of hydrogen-bond acceptors (Lipinski definition) is 5. The Labute approximate surface area is 181 Å². The predicted octanol–water partition coefficient (Wildman–Crippen LogP) is 4.50. The van der Waals surface area contributed by atoms with E-state index in [1.165, 1.54) is 0 Å². The number of amides is 2. The summed E-state index contributed by atoms with van der Waals surface area (Å²) < 4.78 is 0.789. The fourth-order valence-electron chi connectivity index (χ4n) is 1.54. The molecule has 2 aromatic heterocycles. The maximum absolute atomic E-state index is 11.6. The molecule has 0 radical (unpaired) electrons. The normalized spacial score (nSPS) is 10.5. The van der Waals surface area contributed by atoms with Crippen molar-refractivity contribution < 1.29 is 14.7 Å². The van der Waals surface area contributed by atoms with Gasteiger partial charge in [-0.3, -0.25) is 19.6 Å². The molecule has 2 aromatic rings. The molecule has 29 heavy (non-hydrogen) atoms. The Hall–Kier alpha value is -2.32. The van der Waals surface area contributed by atoms with Gasteiger partial charge in [-0.15, -0.1) is 0 Å². The highest BCUT2D eigenvalue weighted by Gasteiger charge is 2.22. The average molecular weight is 467 g/mol. The van der Waals surface area contributed by atoms with Crippen LogP contribution in [0.3, 0.4) is 0 Å². The van der Waals surface area contributed by atoms with Gasteiger partial charge in [0.1, 0.15) is 0 Å². The van der Waals surface area contributed by atoms with E-state index in [1.807, 2.05) is 41.5 Å². The van der Waals surface area contributed by atoms with Gasteiger partial charge >= 0.3 is 0 Å². The summed E-state index contributed by atoms with van der Waals surface area (Å²) in [5.41, 5.74) is 0.793. The van der Waals surface area contributed by atoms with Crippen LogP contribution in [0, 0.1) is 10.8 Å². The molecule has 0 spiro atoms. The number of nitrogens with zero attached hydrogens (tertiary/aromatic N) is 2. The first-order valence-corrected chi connectivity index (χ1v) is 9.77. The summed E-state index contributed by atoms with van der Waals surface area (Å²) in [5, 5.41) is 12.6. The van der Waals surface area contributed by atoms with Gasteiger partial charge in [0, 0.05) is 48.4 Å². The van der Waals surface area contributed by atoms with Crippen molar-refractivity contribution in [1.82, 2.24) is 9.97 Å². The van der Waals surface area contributed by atoms with Crippen LogP contribution in [0.2, 0.25) is 0 Å². The van der Waals surface area contributed by atoms with Gasteiger partial charge in [0.15, 0.2) is 0 Å². The van der Waals surface area contributed by atoms with E-state index < -0.39 is 0 Å². The Kier molecular flexibility index (Phi) is 11.3. The number of aromatic nitrogens is 2. The number of rotatable bonds is 2. The maximum Gasteiger partial charge on any atom is 0.229 e. The first-order chi connectivity index (χ1) is 13.4. The van der Waals surface area contributed by atoms with Crippen LogP contribution in [0.15, 0.2) is 47.5 Å². The number of aliphatic hydroxyl groups is 1. The molecular weight excluding hydrogens is 436 g/mol. The van der Waals surface area contributed by atoms with E-state index in [9.17, 15) is 9.59 Å². The molecule has 3 N–H and O–H groups in total. The van der Waals surface area contributed by atoms with Crippen LogP contribution < -0.4 is 10.6 Å². The molecule has 2 amide bonds. The molecule has 0 saturated carbocycles. The molecule has 0 aliphatic heterocycles. The van der Waals surface area contributed by atoms with Crippen LogP contribution in [0.25, 0.3) is 0 Å². The third-order valence-electron chi connectivity index (χ3n) is 3.32. The second kappa shape index (κ2) is 12.3. The van der Waals surface area contributed by atoms with E-state index in [2.05, 4.69) is 36.5 Å². The SMILES string of the molecule is CC(C)(C)C(=O)Nc1ccncc1.CC(C)(C)C(=O)Nc1ccncc1Br.CO. The fraction of sp³-hybridized carbons (Fsp3) is 0.429. The molecule has 0 aliphatic carbocycles. The van der Waals surface area contributed by atoms with E-state index in [-0.39, 0.29) is 22.6 Å². The van der Waals surface area contributed by atoms with E-state index in [0.717, 1.165) is 23.0 Å². The molecule has 2 rings (SSSR count). The summed E-state index contributed by atoms with van der Waals surface area (Å²) in [6, 6.07) is 5.29. The third kappa shape index (κ3) is 10.7. The first-order valence-electron chi connectivity index (χ1n) is 8.98. The second-order valence-electron chi connectivity index (χ2n) is 8.00. The van der Waals surface area contributed by atoms with E-state index >= 15 is 0 Å². The lowest BCUT2D eigenvalue weighted by Gasteiger charge is -2.18. The van der Waals surface area contributed by atoms with Crippen molar-refractivity contribution in [1.29, 1.82) is 0 Å². The molecule has 7 nitrogen and oxygen atoms in total. The fourth-order valence-corrected chi connectivity index (χ4v) is 1.89. The topological polar surface area (TPSA) is 104 Å². The Morgan fingerprint density at radius 1 is 0.828 bits per heavy atom. The van der Waals surface area contributed by atoms with Crippen molar-refractivity contribution in [3.05, 3.63) is 47.5 Å². The summed E-state index contributed by atoms with van der Waals surface area (Å²) in [7, 11) is 1.00.